The van der Waals surface area contributed by atoms with Gasteiger partial charge in [0.15, 0.2) is 0 Å². The largest absolute Gasteiger partial charge is 0.427 e. The number of aryl methyl sites for hydroxylation is 2. The number of hydrogen-bond donors (Lipinski definition) is 3. The molecule has 1 amide bonds. The second-order valence-electron chi connectivity index (χ2n) is 7.60. The number of imidazole rings is 1. The molecule has 0 aliphatic carbocycles. The molecular weight excluding hydrogens is 368 g/mol. The van der Waals surface area contributed by atoms with Gasteiger partial charge >= 0.3 is 5.63 Å². The lowest BCUT2D eigenvalue weighted by atomic mass is 9.95. The maximum Gasteiger partial charge on any atom is 0.349 e. The Morgan fingerprint density at radius 3 is 2.97 bits per heavy atom. The molecule has 1 aliphatic heterocycles. The Morgan fingerprint density at radius 1 is 1.34 bits per heavy atom. The number of benzene rings is 1. The molecule has 1 atom stereocenters. The highest BCUT2D eigenvalue weighted by atomic mass is 16.4. The number of rotatable bonds is 6. The summed E-state index contributed by atoms with van der Waals surface area (Å²) in [5.74, 6) is 1.37. The van der Waals surface area contributed by atoms with Gasteiger partial charge in [0.2, 0.25) is 0 Å². The van der Waals surface area contributed by atoms with E-state index in [1.807, 2.05) is 30.3 Å². The zero-order valence-electron chi connectivity index (χ0n) is 16.6. The second-order valence-corrected chi connectivity index (χ2v) is 7.60. The van der Waals surface area contributed by atoms with Crippen molar-refractivity contribution in [1.29, 1.82) is 0 Å². The Kier molecular flexibility index (Phi) is 5.76. The third kappa shape index (κ3) is 4.40. The van der Waals surface area contributed by atoms with Gasteiger partial charge in [-0.05, 0) is 56.5 Å². The van der Waals surface area contributed by atoms with Crippen LogP contribution in [-0.4, -0.2) is 35.5 Å². The quantitative estimate of drug-likeness (QED) is 0.558. The summed E-state index contributed by atoms with van der Waals surface area (Å²) < 4.78 is 5.49. The average molecular weight is 394 g/mol. The van der Waals surface area contributed by atoms with Crippen LogP contribution in [0.1, 0.15) is 52.7 Å². The minimum atomic E-state index is -0.555. The number of amides is 1. The predicted octanol–water partition coefficient (Wildman–Crippen LogP) is 2.65. The van der Waals surface area contributed by atoms with Crippen LogP contribution in [0, 0.1) is 6.92 Å². The fourth-order valence-corrected chi connectivity index (χ4v) is 3.87. The van der Waals surface area contributed by atoms with Crippen molar-refractivity contribution in [2.45, 2.75) is 38.5 Å². The van der Waals surface area contributed by atoms with Crippen molar-refractivity contribution in [3.05, 3.63) is 63.5 Å². The van der Waals surface area contributed by atoms with Crippen LogP contribution < -0.4 is 16.3 Å². The summed E-state index contributed by atoms with van der Waals surface area (Å²) in [7, 11) is 0. The van der Waals surface area contributed by atoms with E-state index in [4.69, 9.17) is 4.42 Å². The number of piperidine rings is 1. The molecule has 1 unspecified atom stereocenters. The maximum absolute atomic E-state index is 12.5. The summed E-state index contributed by atoms with van der Waals surface area (Å²) in [5, 5.41) is 6.15. The molecule has 3 heterocycles. The third-order valence-electron chi connectivity index (χ3n) is 5.41. The van der Waals surface area contributed by atoms with Crippen LogP contribution in [0.15, 0.2) is 39.5 Å². The van der Waals surface area contributed by atoms with Crippen molar-refractivity contribution >= 4 is 16.9 Å². The Morgan fingerprint density at radius 2 is 2.21 bits per heavy atom. The minimum Gasteiger partial charge on any atom is -0.427 e. The summed E-state index contributed by atoms with van der Waals surface area (Å²) in [5.41, 5.74) is 2.15. The molecular formula is C22H26N4O3. The number of aromatic amines is 1. The fourth-order valence-electron chi connectivity index (χ4n) is 3.87. The average Bonchev–Trinajstić information content (AvgIpc) is 3.14. The topological polar surface area (TPSA) is 100 Å². The molecule has 3 aromatic rings. The Hall–Kier alpha value is -2.93. The fraction of sp³-hybridized carbons (Fsp3) is 0.409. The minimum absolute atomic E-state index is 0.0984. The number of aromatic nitrogens is 2. The first-order chi connectivity index (χ1) is 14.1. The predicted molar refractivity (Wildman–Crippen MR) is 111 cm³/mol. The van der Waals surface area contributed by atoms with Crippen LogP contribution in [0.4, 0.5) is 0 Å². The van der Waals surface area contributed by atoms with E-state index in [1.165, 1.54) is 0 Å². The zero-order valence-corrected chi connectivity index (χ0v) is 16.6. The van der Waals surface area contributed by atoms with E-state index in [9.17, 15) is 9.59 Å². The molecule has 1 aromatic carbocycles. The van der Waals surface area contributed by atoms with Gasteiger partial charge in [0, 0.05) is 25.4 Å². The number of nitrogens with one attached hydrogen (secondary N) is 3. The van der Waals surface area contributed by atoms with Crippen LogP contribution in [0.25, 0.3) is 11.0 Å². The van der Waals surface area contributed by atoms with Gasteiger partial charge in [-0.2, -0.15) is 0 Å². The molecule has 3 N–H and O–H groups in total. The molecule has 1 fully saturated rings. The molecule has 152 valence electrons. The van der Waals surface area contributed by atoms with Gasteiger partial charge in [-0.1, -0.05) is 12.1 Å². The Bertz CT molecular complexity index is 1030. The molecule has 4 rings (SSSR count). The number of fused-ring (bicyclic) bond motifs is 1. The highest BCUT2D eigenvalue weighted by molar-refractivity contribution is 5.95. The van der Waals surface area contributed by atoms with E-state index in [1.54, 1.807) is 6.92 Å². The molecule has 0 saturated carbocycles. The van der Waals surface area contributed by atoms with Gasteiger partial charge in [0.1, 0.15) is 17.1 Å². The first-order valence-electron chi connectivity index (χ1n) is 10.2. The van der Waals surface area contributed by atoms with Crippen molar-refractivity contribution in [2.75, 3.05) is 19.6 Å². The van der Waals surface area contributed by atoms with Gasteiger partial charge in [0.05, 0.1) is 11.0 Å². The second kappa shape index (κ2) is 8.61. The lowest BCUT2D eigenvalue weighted by Gasteiger charge is -2.22. The first-order valence-corrected chi connectivity index (χ1v) is 10.2. The molecule has 7 heteroatoms. The summed E-state index contributed by atoms with van der Waals surface area (Å²) in [4.78, 5) is 32.8. The summed E-state index contributed by atoms with van der Waals surface area (Å²) in [6, 6.07) is 9.71. The lowest BCUT2D eigenvalue weighted by Crippen LogP contribution is -2.32. The molecule has 1 saturated heterocycles. The Labute approximate surface area is 168 Å². The lowest BCUT2D eigenvalue weighted by molar-refractivity contribution is 0.0948. The molecule has 2 aromatic heterocycles. The van der Waals surface area contributed by atoms with Crippen LogP contribution >= 0.6 is 0 Å². The third-order valence-corrected chi connectivity index (χ3v) is 5.41. The summed E-state index contributed by atoms with van der Waals surface area (Å²) in [6.07, 6.45) is 3.49. The van der Waals surface area contributed by atoms with Gasteiger partial charge < -0.3 is 20.0 Å². The SMILES string of the molecule is Cc1cc(C2CCCNC2)oc(=O)c1C(=O)NCCCc1nc2ccccc2[nH]1. The number of carbonyl (C=O) groups is 1. The van der Waals surface area contributed by atoms with Crippen LogP contribution in [0.5, 0.6) is 0 Å². The van der Waals surface area contributed by atoms with Gasteiger partial charge in [0.25, 0.3) is 5.91 Å². The number of carbonyl (C=O) groups excluding carboxylic acids is 1. The summed E-state index contributed by atoms with van der Waals surface area (Å²) in [6.45, 7) is 4.05. The van der Waals surface area contributed by atoms with E-state index >= 15 is 0 Å². The molecule has 1 aliphatic rings. The molecule has 7 nitrogen and oxygen atoms in total. The normalized spacial score (nSPS) is 16.8. The smallest absolute Gasteiger partial charge is 0.349 e. The van der Waals surface area contributed by atoms with E-state index < -0.39 is 5.63 Å². The van der Waals surface area contributed by atoms with Crippen LogP contribution in [0.3, 0.4) is 0 Å². The van der Waals surface area contributed by atoms with Crippen molar-refractivity contribution in [3.63, 3.8) is 0 Å². The van der Waals surface area contributed by atoms with E-state index in [2.05, 4.69) is 20.6 Å². The first kappa shape index (κ1) is 19.4. The Balaban J connectivity index is 1.34. The van der Waals surface area contributed by atoms with E-state index in [0.29, 0.717) is 17.9 Å². The van der Waals surface area contributed by atoms with Gasteiger partial charge in [-0.25, -0.2) is 9.78 Å². The van der Waals surface area contributed by atoms with E-state index in [-0.39, 0.29) is 17.4 Å². The molecule has 0 radical (unpaired) electrons. The standard InChI is InChI=1S/C22H26N4O3/c1-14-12-18(15-6-4-10-23-13-15)29-22(28)20(14)21(27)24-11-5-9-19-25-16-7-2-3-8-17(16)26-19/h2-3,7-8,12,15,23H,4-6,9-11,13H2,1H3,(H,24,27)(H,25,26). The number of nitrogens with zero attached hydrogens (tertiary/aromatic N) is 1. The molecule has 29 heavy (non-hydrogen) atoms. The number of H-pyrrole nitrogens is 1. The monoisotopic (exact) mass is 394 g/mol. The van der Waals surface area contributed by atoms with Crippen LogP contribution in [-0.2, 0) is 6.42 Å². The number of para-hydroxylation sites is 2. The van der Waals surface area contributed by atoms with Gasteiger partial charge in [-0.3, -0.25) is 4.79 Å². The van der Waals surface area contributed by atoms with Gasteiger partial charge in [-0.15, -0.1) is 0 Å². The number of hydrogen-bond acceptors (Lipinski definition) is 5. The van der Waals surface area contributed by atoms with Crippen molar-refractivity contribution in [2.24, 2.45) is 0 Å². The highest BCUT2D eigenvalue weighted by Crippen LogP contribution is 2.23. The highest BCUT2D eigenvalue weighted by Gasteiger charge is 2.22. The van der Waals surface area contributed by atoms with E-state index in [0.717, 1.165) is 55.6 Å². The molecule has 0 spiro atoms. The maximum atomic E-state index is 12.5. The summed E-state index contributed by atoms with van der Waals surface area (Å²) >= 11 is 0. The van der Waals surface area contributed by atoms with Crippen LogP contribution in [0.2, 0.25) is 0 Å². The van der Waals surface area contributed by atoms with Crippen molar-refractivity contribution in [3.8, 4) is 0 Å². The molecule has 0 bridgehead atoms. The van der Waals surface area contributed by atoms with Crippen molar-refractivity contribution in [1.82, 2.24) is 20.6 Å². The zero-order chi connectivity index (χ0) is 20.2. The van der Waals surface area contributed by atoms with Crippen molar-refractivity contribution < 1.29 is 9.21 Å².